The van der Waals surface area contributed by atoms with Crippen LogP contribution >= 0.6 is 0 Å². The van der Waals surface area contributed by atoms with Gasteiger partial charge >= 0.3 is 0 Å². The monoisotopic (exact) mass is 397 g/mol. The molecule has 0 saturated heterocycles. The highest BCUT2D eigenvalue weighted by molar-refractivity contribution is 5.99. The van der Waals surface area contributed by atoms with E-state index in [-0.39, 0.29) is 0 Å². The Morgan fingerprint density at radius 2 is 1.79 bits per heavy atom. The summed E-state index contributed by atoms with van der Waals surface area (Å²) in [5, 5.41) is 20.3. The normalized spacial score (nSPS) is 10.4. The van der Waals surface area contributed by atoms with Gasteiger partial charge in [0.1, 0.15) is 23.2 Å². The van der Waals surface area contributed by atoms with Crippen molar-refractivity contribution in [2.45, 2.75) is 19.4 Å². The van der Waals surface area contributed by atoms with Crippen LogP contribution in [0.3, 0.4) is 0 Å². The highest BCUT2D eigenvalue weighted by Crippen LogP contribution is 2.26. The first kappa shape index (κ1) is 22.4. The van der Waals surface area contributed by atoms with Crippen LogP contribution < -0.4 is 20.5 Å². The lowest BCUT2D eigenvalue weighted by molar-refractivity contribution is 0.387. The highest BCUT2D eigenvalue weighted by atomic mass is 16.5. The highest BCUT2D eigenvalue weighted by Gasteiger charge is 2.18. The molecule has 0 radical (unpaired) electrons. The van der Waals surface area contributed by atoms with Crippen molar-refractivity contribution in [1.29, 1.82) is 10.8 Å². The number of nitrogens with zero attached hydrogens (tertiary/aromatic N) is 1. The van der Waals surface area contributed by atoms with Gasteiger partial charge in [0.15, 0.2) is 0 Å². The molecule has 0 unspecified atom stereocenters. The Morgan fingerprint density at radius 1 is 1.03 bits per heavy atom. The van der Waals surface area contributed by atoms with Gasteiger partial charge in [-0.15, -0.1) is 0 Å². The number of methoxy groups -OCH3 is 2. The van der Waals surface area contributed by atoms with Crippen LogP contribution in [0.1, 0.15) is 17.5 Å². The van der Waals surface area contributed by atoms with Gasteiger partial charge in [0.25, 0.3) is 0 Å². The molecule has 0 amide bonds. The van der Waals surface area contributed by atoms with E-state index < -0.39 is 0 Å². The second kappa shape index (κ2) is 11.8. The average molecular weight is 398 g/mol. The number of benzene rings is 2. The van der Waals surface area contributed by atoms with E-state index in [2.05, 4.69) is 17.4 Å². The Balaban J connectivity index is 2.15. The third-order valence-corrected chi connectivity index (χ3v) is 4.58. The molecule has 0 aromatic heterocycles. The minimum absolute atomic E-state index is 0.328. The van der Waals surface area contributed by atoms with Gasteiger partial charge in [-0.2, -0.15) is 0 Å². The van der Waals surface area contributed by atoms with E-state index in [1.165, 1.54) is 5.56 Å². The molecular weight excluding hydrogens is 366 g/mol. The zero-order chi connectivity index (χ0) is 21.1. The first-order chi connectivity index (χ1) is 14.1. The summed E-state index contributed by atoms with van der Waals surface area (Å²) in [5.41, 5.74) is 7.60. The van der Waals surface area contributed by atoms with Crippen LogP contribution in [0.5, 0.6) is 11.5 Å². The van der Waals surface area contributed by atoms with Crippen LogP contribution in [-0.2, 0) is 13.0 Å². The predicted octanol–water partition coefficient (Wildman–Crippen LogP) is 2.64. The van der Waals surface area contributed by atoms with Gasteiger partial charge in [0.2, 0.25) is 0 Å². The molecule has 0 atom stereocenters. The largest absolute Gasteiger partial charge is 0.497 e. The molecule has 7 heteroatoms. The molecule has 0 aliphatic rings. The van der Waals surface area contributed by atoms with Gasteiger partial charge in [-0.25, -0.2) is 0 Å². The number of nitrogens with two attached hydrogens (primary N) is 1. The van der Waals surface area contributed by atoms with E-state index in [4.69, 9.17) is 26.0 Å². The lowest BCUT2D eigenvalue weighted by atomic mass is 10.1. The number of amidine groups is 2. The van der Waals surface area contributed by atoms with Crippen molar-refractivity contribution in [1.82, 2.24) is 10.2 Å². The Bertz CT molecular complexity index is 795. The maximum Gasteiger partial charge on any atom is 0.127 e. The van der Waals surface area contributed by atoms with E-state index in [9.17, 15) is 0 Å². The Morgan fingerprint density at radius 3 is 2.45 bits per heavy atom. The van der Waals surface area contributed by atoms with Crippen molar-refractivity contribution in [2.75, 3.05) is 33.9 Å². The standard InChI is InChI=1S/C22H31N5O2/c1-28-19-10-9-18(20(14-19)29-2)16-27(22(25)15-26-13-12-23)21(24)11-8-17-6-4-3-5-7-17/h3-7,9-10,14,24-26H,8,11-13,15-16,23H2,1-2H3. The van der Waals surface area contributed by atoms with Crippen LogP contribution in [0, 0.1) is 10.8 Å². The van der Waals surface area contributed by atoms with Gasteiger partial charge < -0.3 is 25.4 Å². The fourth-order valence-corrected chi connectivity index (χ4v) is 2.95. The predicted molar refractivity (Wildman–Crippen MR) is 117 cm³/mol. The minimum atomic E-state index is 0.328. The number of rotatable bonds is 11. The van der Waals surface area contributed by atoms with Crippen molar-refractivity contribution in [3.05, 3.63) is 59.7 Å². The summed E-state index contributed by atoms with van der Waals surface area (Å²) in [6.45, 7) is 1.86. The third kappa shape index (κ3) is 6.89. The molecule has 29 heavy (non-hydrogen) atoms. The van der Waals surface area contributed by atoms with E-state index >= 15 is 0 Å². The Kier molecular flexibility index (Phi) is 9.14. The van der Waals surface area contributed by atoms with Crippen molar-refractivity contribution in [3.63, 3.8) is 0 Å². The molecule has 2 aromatic rings. The second-order valence-electron chi connectivity index (χ2n) is 6.61. The molecule has 0 saturated carbocycles. The fourth-order valence-electron chi connectivity index (χ4n) is 2.95. The van der Waals surface area contributed by atoms with Crippen molar-refractivity contribution in [3.8, 4) is 11.5 Å². The molecular formula is C22H31N5O2. The maximum absolute atomic E-state index is 8.63. The average Bonchev–Trinajstić information content (AvgIpc) is 2.76. The van der Waals surface area contributed by atoms with Crippen molar-refractivity contribution < 1.29 is 9.47 Å². The number of hydrogen-bond acceptors (Lipinski definition) is 6. The lowest BCUT2D eigenvalue weighted by Crippen LogP contribution is -2.42. The third-order valence-electron chi connectivity index (χ3n) is 4.58. The number of ether oxygens (including phenoxy) is 2. The molecule has 0 heterocycles. The molecule has 2 rings (SSSR count). The SMILES string of the molecule is COc1ccc(CN(C(=N)CCc2ccccc2)C(=N)CNCCN)c(OC)c1. The summed E-state index contributed by atoms with van der Waals surface area (Å²) in [6.07, 6.45) is 1.29. The maximum atomic E-state index is 8.63. The lowest BCUT2D eigenvalue weighted by Gasteiger charge is -2.27. The zero-order valence-corrected chi connectivity index (χ0v) is 17.2. The van der Waals surface area contributed by atoms with Gasteiger partial charge in [-0.1, -0.05) is 30.3 Å². The Hall–Kier alpha value is -2.90. The smallest absolute Gasteiger partial charge is 0.127 e. The molecule has 0 bridgehead atoms. The van der Waals surface area contributed by atoms with E-state index in [0.717, 1.165) is 12.0 Å². The van der Waals surface area contributed by atoms with Crippen LogP contribution in [0.2, 0.25) is 0 Å². The number of hydrogen-bond donors (Lipinski definition) is 4. The van der Waals surface area contributed by atoms with Crippen molar-refractivity contribution >= 4 is 11.7 Å². The first-order valence-electron chi connectivity index (χ1n) is 9.67. The molecule has 156 valence electrons. The van der Waals surface area contributed by atoms with E-state index in [1.807, 2.05) is 36.4 Å². The van der Waals surface area contributed by atoms with Gasteiger partial charge in [0.05, 0.1) is 27.3 Å². The molecule has 0 aliphatic carbocycles. The molecule has 5 N–H and O–H groups in total. The minimum Gasteiger partial charge on any atom is -0.497 e. The van der Waals surface area contributed by atoms with Crippen LogP contribution in [0.25, 0.3) is 0 Å². The zero-order valence-electron chi connectivity index (χ0n) is 17.2. The molecule has 2 aromatic carbocycles. The molecule has 7 nitrogen and oxygen atoms in total. The number of nitrogens with one attached hydrogen (secondary N) is 3. The first-order valence-corrected chi connectivity index (χ1v) is 9.67. The van der Waals surface area contributed by atoms with Gasteiger partial charge in [0, 0.05) is 31.1 Å². The number of aryl methyl sites for hydroxylation is 1. The summed E-state index contributed by atoms with van der Waals surface area (Å²) >= 11 is 0. The van der Waals surface area contributed by atoms with Crippen LogP contribution in [-0.4, -0.2) is 50.4 Å². The topological polar surface area (TPSA) is 107 Å². The second-order valence-corrected chi connectivity index (χ2v) is 6.61. The van der Waals surface area contributed by atoms with E-state index in [0.29, 0.717) is 55.8 Å². The van der Waals surface area contributed by atoms with Crippen LogP contribution in [0.15, 0.2) is 48.5 Å². The van der Waals surface area contributed by atoms with Crippen LogP contribution in [0.4, 0.5) is 0 Å². The quantitative estimate of drug-likeness (QED) is 0.265. The summed E-state index contributed by atoms with van der Waals surface area (Å²) in [5.74, 6) is 2.10. The van der Waals surface area contributed by atoms with Gasteiger partial charge in [-0.05, 0) is 24.1 Å². The van der Waals surface area contributed by atoms with Crippen molar-refractivity contribution in [2.24, 2.45) is 5.73 Å². The fraction of sp³-hybridized carbons (Fsp3) is 0.364. The molecule has 0 fully saturated rings. The molecule has 0 spiro atoms. The summed E-state index contributed by atoms with van der Waals surface area (Å²) in [7, 11) is 3.22. The van der Waals surface area contributed by atoms with E-state index in [1.54, 1.807) is 19.1 Å². The Labute approximate surface area is 172 Å². The molecule has 0 aliphatic heterocycles. The summed E-state index contributed by atoms with van der Waals surface area (Å²) in [6, 6.07) is 15.7. The summed E-state index contributed by atoms with van der Waals surface area (Å²) < 4.78 is 10.8. The van der Waals surface area contributed by atoms with Gasteiger partial charge in [-0.3, -0.25) is 10.8 Å². The summed E-state index contributed by atoms with van der Waals surface area (Å²) in [4.78, 5) is 1.72.